The molecule has 9 nitrogen and oxygen atoms in total. The molecule has 1 amide bonds. The van der Waals surface area contributed by atoms with Gasteiger partial charge in [-0.1, -0.05) is 6.42 Å². The number of amidine groups is 1. The SMILES string of the molecule is CCN(CC)C(=O)CC(C)OC(=O)C1CC2CC(CC/C(N)=N/NN)CCC2CN1. The summed E-state index contributed by atoms with van der Waals surface area (Å²) in [6.45, 7) is 7.89. The fourth-order valence-electron chi connectivity index (χ4n) is 4.87. The van der Waals surface area contributed by atoms with Crippen LogP contribution in [-0.2, 0) is 14.3 Å². The number of nitrogens with one attached hydrogen (secondary N) is 2. The van der Waals surface area contributed by atoms with Gasteiger partial charge >= 0.3 is 5.97 Å². The number of esters is 1. The van der Waals surface area contributed by atoms with Crippen molar-refractivity contribution in [2.24, 2.45) is 34.4 Å². The van der Waals surface area contributed by atoms with E-state index in [0.717, 1.165) is 32.2 Å². The molecule has 5 atom stereocenters. The molecule has 1 aliphatic carbocycles. The predicted molar refractivity (Wildman–Crippen MR) is 117 cm³/mol. The quantitative estimate of drug-likeness (QED) is 0.135. The first-order valence-corrected chi connectivity index (χ1v) is 11.4. The van der Waals surface area contributed by atoms with Crippen LogP contribution in [0.1, 0.15) is 65.7 Å². The second kappa shape index (κ2) is 12.1. The highest BCUT2D eigenvalue weighted by Gasteiger charge is 2.38. The van der Waals surface area contributed by atoms with Gasteiger partial charge in [0.2, 0.25) is 5.91 Å². The summed E-state index contributed by atoms with van der Waals surface area (Å²) >= 11 is 0. The number of hydrazine groups is 1. The second-order valence-electron chi connectivity index (χ2n) is 8.68. The minimum absolute atomic E-state index is 0.0275. The van der Waals surface area contributed by atoms with Crippen molar-refractivity contribution in [2.45, 2.75) is 77.9 Å². The molecule has 1 saturated carbocycles. The molecule has 1 aliphatic heterocycles. The van der Waals surface area contributed by atoms with E-state index >= 15 is 0 Å². The first-order valence-electron chi connectivity index (χ1n) is 11.4. The predicted octanol–water partition coefficient (Wildman–Crippen LogP) is 1.09. The van der Waals surface area contributed by atoms with Crippen LogP contribution in [-0.4, -0.2) is 54.4 Å². The lowest BCUT2D eigenvalue weighted by Gasteiger charge is -2.42. The molecule has 2 rings (SSSR count). The van der Waals surface area contributed by atoms with Crippen molar-refractivity contribution in [3.63, 3.8) is 0 Å². The summed E-state index contributed by atoms with van der Waals surface area (Å²) in [6, 6.07) is -0.288. The molecule has 0 aromatic rings. The second-order valence-corrected chi connectivity index (χ2v) is 8.68. The molecule has 172 valence electrons. The summed E-state index contributed by atoms with van der Waals surface area (Å²) in [4.78, 5) is 26.7. The first-order chi connectivity index (χ1) is 14.4. The maximum atomic E-state index is 12.7. The molecule has 1 heterocycles. The lowest BCUT2D eigenvalue weighted by atomic mass is 9.69. The van der Waals surface area contributed by atoms with Crippen molar-refractivity contribution >= 4 is 17.7 Å². The molecule has 0 radical (unpaired) electrons. The molecule has 1 saturated heterocycles. The Kier molecular flexibility index (Phi) is 9.84. The van der Waals surface area contributed by atoms with Crippen molar-refractivity contribution in [1.29, 1.82) is 0 Å². The van der Waals surface area contributed by atoms with Crippen molar-refractivity contribution in [2.75, 3.05) is 19.6 Å². The number of fused-ring (bicyclic) bond motifs is 1. The van der Waals surface area contributed by atoms with Crippen LogP contribution < -0.4 is 22.4 Å². The van der Waals surface area contributed by atoms with Crippen LogP contribution in [0, 0.1) is 17.8 Å². The van der Waals surface area contributed by atoms with E-state index in [-0.39, 0.29) is 24.3 Å². The maximum absolute atomic E-state index is 12.7. The van der Waals surface area contributed by atoms with Gasteiger partial charge in [0.25, 0.3) is 0 Å². The third kappa shape index (κ3) is 7.12. The highest BCUT2D eigenvalue weighted by molar-refractivity contribution is 5.80. The van der Waals surface area contributed by atoms with Gasteiger partial charge in [0, 0.05) is 19.5 Å². The minimum Gasteiger partial charge on any atom is -0.461 e. The van der Waals surface area contributed by atoms with E-state index in [9.17, 15) is 9.59 Å². The normalized spacial score (nSPS) is 27.7. The van der Waals surface area contributed by atoms with E-state index in [0.29, 0.717) is 36.7 Å². The topological polar surface area (TPSA) is 135 Å². The number of ether oxygens (including phenoxy) is 1. The van der Waals surface area contributed by atoms with Gasteiger partial charge in [0.1, 0.15) is 18.0 Å². The Hall–Kier alpha value is -1.87. The number of rotatable bonds is 10. The van der Waals surface area contributed by atoms with E-state index < -0.39 is 6.10 Å². The van der Waals surface area contributed by atoms with E-state index in [2.05, 4.69) is 16.0 Å². The Morgan fingerprint density at radius 1 is 1.23 bits per heavy atom. The van der Waals surface area contributed by atoms with Gasteiger partial charge in [0.05, 0.1) is 6.42 Å². The standard InChI is InChI=1S/C21H40N6O3/c1-4-27(5-2)20(28)10-14(3)30-21(29)18-12-17-11-15(6-8-16(17)13-24-18)7-9-19(22)25-26-23/h14-18,24,26H,4-13,23H2,1-3H3,(H2,22,25). The number of amides is 1. The number of nitrogens with two attached hydrogens (primary N) is 2. The summed E-state index contributed by atoms with van der Waals surface area (Å²) in [7, 11) is 0. The van der Waals surface area contributed by atoms with Crippen LogP contribution in [0.2, 0.25) is 0 Å². The van der Waals surface area contributed by atoms with Gasteiger partial charge in [-0.05, 0) is 70.8 Å². The van der Waals surface area contributed by atoms with Gasteiger partial charge in [-0.25, -0.2) is 11.4 Å². The number of hydrogen-bond acceptors (Lipinski definition) is 7. The molecule has 0 bridgehead atoms. The zero-order valence-electron chi connectivity index (χ0n) is 18.7. The molecule has 2 aliphatic rings. The third-order valence-electron chi connectivity index (χ3n) is 6.61. The van der Waals surface area contributed by atoms with Crippen molar-refractivity contribution in [3.8, 4) is 0 Å². The average Bonchev–Trinajstić information content (AvgIpc) is 2.72. The summed E-state index contributed by atoms with van der Waals surface area (Å²) in [6.07, 6.45) is 5.80. The molecule has 2 fully saturated rings. The monoisotopic (exact) mass is 424 g/mol. The Morgan fingerprint density at radius 3 is 2.63 bits per heavy atom. The van der Waals surface area contributed by atoms with E-state index in [4.69, 9.17) is 16.3 Å². The fourth-order valence-corrected chi connectivity index (χ4v) is 4.87. The molecular formula is C21H40N6O3. The first kappa shape index (κ1) is 24.4. The minimum atomic E-state index is -0.414. The summed E-state index contributed by atoms with van der Waals surface area (Å²) < 4.78 is 5.61. The van der Waals surface area contributed by atoms with Gasteiger partial charge in [-0.15, -0.1) is 0 Å². The number of carbonyl (C=O) groups is 2. The van der Waals surface area contributed by atoms with E-state index in [1.807, 2.05) is 13.8 Å². The molecule has 6 N–H and O–H groups in total. The van der Waals surface area contributed by atoms with Crippen LogP contribution in [0.4, 0.5) is 0 Å². The highest BCUT2D eigenvalue weighted by Crippen LogP contribution is 2.40. The molecule has 0 aromatic carbocycles. The number of nitrogens with zero attached hydrogens (tertiary/aromatic N) is 2. The highest BCUT2D eigenvalue weighted by atomic mass is 16.5. The lowest BCUT2D eigenvalue weighted by molar-refractivity contribution is -0.154. The van der Waals surface area contributed by atoms with Crippen molar-refractivity contribution in [3.05, 3.63) is 0 Å². The van der Waals surface area contributed by atoms with E-state index in [1.54, 1.807) is 11.8 Å². The maximum Gasteiger partial charge on any atom is 0.323 e. The third-order valence-corrected chi connectivity index (χ3v) is 6.61. The Balaban J connectivity index is 1.80. The van der Waals surface area contributed by atoms with Crippen LogP contribution >= 0.6 is 0 Å². The molecule has 5 unspecified atom stereocenters. The number of hydrazone groups is 1. The van der Waals surface area contributed by atoms with E-state index in [1.165, 1.54) is 12.8 Å². The van der Waals surface area contributed by atoms with Crippen molar-refractivity contribution < 1.29 is 14.3 Å². The van der Waals surface area contributed by atoms with Gasteiger partial charge in [-0.2, -0.15) is 5.10 Å². The number of carbonyl (C=O) groups excluding carboxylic acids is 2. The molecular weight excluding hydrogens is 384 g/mol. The Labute approximate surface area is 180 Å². The Morgan fingerprint density at radius 2 is 1.97 bits per heavy atom. The summed E-state index contributed by atoms with van der Waals surface area (Å²) in [5.74, 6) is 7.21. The summed E-state index contributed by atoms with van der Waals surface area (Å²) in [5.41, 5.74) is 8.06. The van der Waals surface area contributed by atoms with Crippen molar-refractivity contribution in [1.82, 2.24) is 15.8 Å². The summed E-state index contributed by atoms with van der Waals surface area (Å²) in [5, 5.41) is 7.19. The van der Waals surface area contributed by atoms with Crippen LogP contribution in [0.25, 0.3) is 0 Å². The fraction of sp³-hybridized carbons (Fsp3) is 0.857. The van der Waals surface area contributed by atoms with Gasteiger partial charge in [0.15, 0.2) is 0 Å². The van der Waals surface area contributed by atoms with Crippen LogP contribution in [0.15, 0.2) is 5.10 Å². The molecule has 0 spiro atoms. The van der Waals surface area contributed by atoms with Gasteiger partial charge in [-0.3, -0.25) is 9.59 Å². The zero-order valence-corrected chi connectivity index (χ0v) is 18.7. The van der Waals surface area contributed by atoms with Crippen LogP contribution in [0.5, 0.6) is 0 Å². The molecule has 0 aromatic heterocycles. The molecule has 30 heavy (non-hydrogen) atoms. The van der Waals surface area contributed by atoms with Gasteiger partial charge < -0.3 is 20.7 Å². The average molecular weight is 425 g/mol. The van der Waals surface area contributed by atoms with Crippen LogP contribution in [0.3, 0.4) is 0 Å². The Bertz CT molecular complexity index is 595. The lowest BCUT2D eigenvalue weighted by Crippen LogP contribution is -2.50. The largest absolute Gasteiger partial charge is 0.461 e. The number of piperidine rings is 1. The zero-order chi connectivity index (χ0) is 22.1. The molecule has 9 heteroatoms. The smallest absolute Gasteiger partial charge is 0.323 e. The number of hydrogen-bond donors (Lipinski definition) is 4.